The average Bonchev–Trinajstić information content (AvgIpc) is 3.22. The number of aromatic hydroxyl groups is 1. The second-order valence-corrected chi connectivity index (χ2v) is 8.86. The molecular formula is C26H25ClN4O2. The van der Waals surface area contributed by atoms with E-state index in [1.165, 1.54) is 5.56 Å². The highest BCUT2D eigenvalue weighted by Gasteiger charge is 2.24. The van der Waals surface area contributed by atoms with Crippen LogP contribution in [-0.2, 0) is 13.0 Å². The summed E-state index contributed by atoms with van der Waals surface area (Å²) in [6, 6.07) is 19.2. The number of hydrogen-bond acceptors (Lipinski definition) is 4. The van der Waals surface area contributed by atoms with Crippen molar-refractivity contribution in [3.63, 3.8) is 0 Å². The van der Waals surface area contributed by atoms with Crippen molar-refractivity contribution in [2.24, 2.45) is 0 Å². The molecular weight excluding hydrogens is 436 g/mol. The van der Waals surface area contributed by atoms with E-state index >= 15 is 0 Å². The van der Waals surface area contributed by atoms with Crippen LogP contribution in [0.4, 0.5) is 0 Å². The third-order valence-electron chi connectivity index (χ3n) is 6.05. The summed E-state index contributed by atoms with van der Waals surface area (Å²) < 4.78 is 1.93. The molecule has 0 saturated carbocycles. The summed E-state index contributed by atoms with van der Waals surface area (Å²) in [5.74, 6) is -0.0907. The van der Waals surface area contributed by atoms with Gasteiger partial charge >= 0.3 is 0 Å². The molecule has 2 aromatic carbocycles. The maximum absolute atomic E-state index is 13.2. The molecule has 1 aliphatic heterocycles. The summed E-state index contributed by atoms with van der Waals surface area (Å²) in [7, 11) is 0. The van der Waals surface area contributed by atoms with Crippen LogP contribution in [0.5, 0.6) is 5.75 Å². The van der Waals surface area contributed by atoms with E-state index in [-0.39, 0.29) is 11.7 Å². The van der Waals surface area contributed by atoms with Gasteiger partial charge in [0.1, 0.15) is 11.4 Å². The van der Waals surface area contributed by atoms with Crippen LogP contribution >= 0.6 is 11.6 Å². The van der Waals surface area contributed by atoms with E-state index in [1.54, 1.807) is 6.07 Å². The first kappa shape index (κ1) is 21.5. The maximum atomic E-state index is 13.2. The van der Waals surface area contributed by atoms with Crippen LogP contribution in [0.2, 0.25) is 5.02 Å². The van der Waals surface area contributed by atoms with Crippen molar-refractivity contribution >= 4 is 23.2 Å². The minimum atomic E-state index is -0.121. The van der Waals surface area contributed by atoms with Gasteiger partial charge in [-0.2, -0.15) is 0 Å². The monoisotopic (exact) mass is 460 g/mol. The number of phenolic OH excluding ortho intramolecular Hbond substituents is 1. The van der Waals surface area contributed by atoms with E-state index in [4.69, 9.17) is 11.6 Å². The van der Waals surface area contributed by atoms with Crippen LogP contribution in [0.1, 0.15) is 27.2 Å². The molecule has 0 spiro atoms. The Labute approximate surface area is 197 Å². The standard InChI is InChI=1S/C26H25ClN4O2/c27-21-7-9-25-28-22(18-31(25)16-21)17-29-10-12-30(13-11-29)26(33)23-15-20(6-8-24(23)32)14-19-4-2-1-3-5-19/h1-9,15-16,18,32H,10-14,17H2. The summed E-state index contributed by atoms with van der Waals surface area (Å²) >= 11 is 6.06. The molecule has 0 unspecified atom stereocenters. The van der Waals surface area contributed by atoms with E-state index in [1.807, 2.05) is 64.2 Å². The first-order valence-corrected chi connectivity index (χ1v) is 11.4. The summed E-state index contributed by atoms with van der Waals surface area (Å²) in [5, 5.41) is 11.0. The molecule has 33 heavy (non-hydrogen) atoms. The van der Waals surface area contributed by atoms with Crippen LogP contribution < -0.4 is 0 Å². The zero-order valence-corrected chi connectivity index (χ0v) is 18.9. The zero-order chi connectivity index (χ0) is 22.8. The molecule has 2 aromatic heterocycles. The molecule has 1 N–H and O–H groups in total. The zero-order valence-electron chi connectivity index (χ0n) is 18.2. The lowest BCUT2D eigenvalue weighted by Gasteiger charge is -2.34. The smallest absolute Gasteiger partial charge is 0.257 e. The number of benzene rings is 2. The Balaban J connectivity index is 1.22. The Morgan fingerprint density at radius 3 is 2.52 bits per heavy atom. The third-order valence-corrected chi connectivity index (χ3v) is 6.28. The van der Waals surface area contributed by atoms with Gasteiger partial charge in [0.15, 0.2) is 0 Å². The van der Waals surface area contributed by atoms with Gasteiger partial charge in [0.2, 0.25) is 0 Å². The summed E-state index contributed by atoms with van der Waals surface area (Å²) in [5.41, 5.74) is 4.39. The number of rotatable bonds is 5. The number of piperazine rings is 1. The number of carbonyl (C=O) groups excluding carboxylic acids is 1. The van der Waals surface area contributed by atoms with Crippen molar-refractivity contribution in [1.29, 1.82) is 0 Å². The molecule has 4 aromatic rings. The number of hydrogen-bond donors (Lipinski definition) is 1. The van der Waals surface area contributed by atoms with Gasteiger partial charge in [-0.3, -0.25) is 9.69 Å². The van der Waals surface area contributed by atoms with E-state index in [9.17, 15) is 9.90 Å². The van der Waals surface area contributed by atoms with Crippen LogP contribution in [-0.4, -0.2) is 56.4 Å². The number of pyridine rings is 1. The van der Waals surface area contributed by atoms with Gasteiger partial charge in [-0.05, 0) is 41.8 Å². The summed E-state index contributed by atoms with van der Waals surface area (Å²) in [4.78, 5) is 21.9. The highest BCUT2D eigenvalue weighted by molar-refractivity contribution is 6.30. The van der Waals surface area contributed by atoms with E-state index < -0.39 is 0 Å². The second kappa shape index (κ2) is 9.25. The van der Waals surface area contributed by atoms with E-state index in [0.717, 1.165) is 43.0 Å². The van der Waals surface area contributed by atoms with Crippen molar-refractivity contribution in [3.8, 4) is 5.75 Å². The minimum absolute atomic E-state index is 0.0302. The van der Waals surface area contributed by atoms with Gasteiger partial charge in [-0.15, -0.1) is 0 Å². The fraction of sp³-hybridized carbons (Fsp3) is 0.231. The second-order valence-electron chi connectivity index (χ2n) is 8.43. The number of aromatic nitrogens is 2. The van der Waals surface area contributed by atoms with Crippen LogP contribution in [0.25, 0.3) is 5.65 Å². The topological polar surface area (TPSA) is 61.1 Å². The largest absolute Gasteiger partial charge is 0.507 e. The SMILES string of the molecule is O=C(c1cc(Cc2ccccc2)ccc1O)N1CCN(Cc2cn3cc(Cl)ccc3n2)CC1. The molecule has 0 radical (unpaired) electrons. The van der Waals surface area contributed by atoms with Crippen LogP contribution in [0.3, 0.4) is 0 Å². The Morgan fingerprint density at radius 1 is 0.939 bits per heavy atom. The number of amides is 1. The Bertz CT molecular complexity index is 1280. The van der Waals surface area contributed by atoms with Crippen molar-refractivity contribution in [1.82, 2.24) is 19.2 Å². The number of nitrogens with zero attached hydrogens (tertiary/aromatic N) is 4. The number of carbonyl (C=O) groups is 1. The van der Waals surface area contributed by atoms with Gasteiger partial charge in [-0.25, -0.2) is 4.98 Å². The van der Waals surface area contributed by atoms with Gasteiger partial charge in [0, 0.05) is 45.1 Å². The van der Waals surface area contributed by atoms with Crippen molar-refractivity contribution in [3.05, 3.63) is 100 Å². The molecule has 6 nitrogen and oxygen atoms in total. The fourth-order valence-corrected chi connectivity index (χ4v) is 4.47. The molecule has 1 aliphatic rings. The van der Waals surface area contributed by atoms with Crippen LogP contribution in [0, 0.1) is 0 Å². The van der Waals surface area contributed by atoms with Crippen molar-refractivity contribution in [2.45, 2.75) is 13.0 Å². The molecule has 5 rings (SSSR count). The number of halogens is 1. The van der Waals surface area contributed by atoms with Gasteiger partial charge in [0.25, 0.3) is 5.91 Å². The summed E-state index contributed by atoms with van der Waals surface area (Å²) in [6.07, 6.45) is 4.57. The Hall–Kier alpha value is -3.35. The molecule has 1 saturated heterocycles. The van der Waals surface area contributed by atoms with Crippen LogP contribution in [0.15, 0.2) is 73.1 Å². The number of imidazole rings is 1. The van der Waals surface area contributed by atoms with Crippen molar-refractivity contribution < 1.29 is 9.90 Å². The lowest BCUT2D eigenvalue weighted by atomic mass is 10.0. The molecule has 168 valence electrons. The molecule has 0 bridgehead atoms. The Kier molecular flexibility index (Phi) is 6.03. The quantitative estimate of drug-likeness (QED) is 0.484. The first-order valence-electron chi connectivity index (χ1n) is 11.1. The third kappa shape index (κ3) is 4.87. The minimum Gasteiger partial charge on any atom is -0.507 e. The molecule has 1 fully saturated rings. The molecule has 3 heterocycles. The lowest BCUT2D eigenvalue weighted by molar-refractivity contribution is 0.0624. The Morgan fingerprint density at radius 2 is 1.73 bits per heavy atom. The van der Waals surface area contributed by atoms with E-state index in [0.29, 0.717) is 23.7 Å². The maximum Gasteiger partial charge on any atom is 0.257 e. The highest BCUT2D eigenvalue weighted by Crippen LogP contribution is 2.23. The van der Waals surface area contributed by atoms with Crippen molar-refractivity contribution in [2.75, 3.05) is 26.2 Å². The molecule has 0 aliphatic carbocycles. The number of phenols is 1. The number of fused-ring (bicyclic) bond motifs is 1. The predicted molar refractivity (Wildman–Crippen MR) is 129 cm³/mol. The average molecular weight is 461 g/mol. The van der Waals surface area contributed by atoms with Gasteiger partial charge in [-0.1, -0.05) is 48.0 Å². The normalized spacial score (nSPS) is 14.6. The molecule has 7 heteroatoms. The molecule has 0 atom stereocenters. The fourth-order valence-electron chi connectivity index (χ4n) is 4.30. The lowest BCUT2D eigenvalue weighted by Crippen LogP contribution is -2.48. The van der Waals surface area contributed by atoms with E-state index in [2.05, 4.69) is 22.0 Å². The summed E-state index contributed by atoms with van der Waals surface area (Å²) in [6.45, 7) is 3.45. The predicted octanol–water partition coefficient (Wildman–Crippen LogP) is 4.24. The van der Waals surface area contributed by atoms with Gasteiger partial charge < -0.3 is 14.4 Å². The first-order chi connectivity index (χ1) is 16.0. The van der Waals surface area contributed by atoms with Gasteiger partial charge in [0.05, 0.1) is 16.3 Å². The molecule has 1 amide bonds. The highest BCUT2D eigenvalue weighted by atomic mass is 35.5.